The smallest absolute Gasteiger partial charge is 0.278 e. The molecule has 0 spiro atoms. The van der Waals surface area contributed by atoms with E-state index in [1.807, 2.05) is 18.2 Å². The van der Waals surface area contributed by atoms with Crippen LogP contribution >= 0.6 is 0 Å². The Morgan fingerprint density at radius 2 is 2.04 bits per heavy atom. The van der Waals surface area contributed by atoms with Crippen LogP contribution in [0.2, 0.25) is 0 Å². The van der Waals surface area contributed by atoms with Gasteiger partial charge in [-0.3, -0.25) is 9.59 Å². The molecule has 0 fully saturated rings. The molecule has 1 N–H and O–H groups in total. The normalized spacial score (nSPS) is 10.7. The van der Waals surface area contributed by atoms with E-state index in [1.165, 1.54) is 0 Å². The molecule has 7 nitrogen and oxygen atoms in total. The fourth-order valence-corrected chi connectivity index (χ4v) is 2.37. The summed E-state index contributed by atoms with van der Waals surface area (Å²) < 4.78 is 6.12. The van der Waals surface area contributed by atoms with Gasteiger partial charge in [-0.25, -0.2) is 4.68 Å². The molecular formula is C17H16N4O3. The summed E-state index contributed by atoms with van der Waals surface area (Å²) in [5, 5.41) is 10.9. The summed E-state index contributed by atoms with van der Waals surface area (Å²) in [5.41, 5.74) is 1.74. The van der Waals surface area contributed by atoms with Gasteiger partial charge in [0.25, 0.3) is 5.56 Å². The fourth-order valence-electron chi connectivity index (χ4n) is 2.37. The summed E-state index contributed by atoms with van der Waals surface area (Å²) in [7, 11) is 1.61. The highest BCUT2D eigenvalue weighted by atomic mass is 16.5. The molecule has 0 saturated carbocycles. The highest BCUT2D eigenvalue weighted by Gasteiger charge is 2.09. The van der Waals surface area contributed by atoms with Crippen molar-refractivity contribution < 1.29 is 9.53 Å². The SMILES string of the molecule is COCc1cccc(NC(=O)Cn2nnc3ccccc3c2=O)c1. The van der Waals surface area contributed by atoms with Gasteiger partial charge in [0, 0.05) is 12.8 Å². The molecule has 24 heavy (non-hydrogen) atoms. The lowest BCUT2D eigenvalue weighted by Crippen LogP contribution is -2.30. The second-order valence-corrected chi connectivity index (χ2v) is 5.25. The molecule has 1 aromatic heterocycles. The van der Waals surface area contributed by atoms with Crippen LogP contribution in [0, 0.1) is 0 Å². The van der Waals surface area contributed by atoms with Crippen LogP contribution in [0.4, 0.5) is 5.69 Å². The van der Waals surface area contributed by atoms with Crippen LogP contribution < -0.4 is 10.9 Å². The van der Waals surface area contributed by atoms with Crippen molar-refractivity contribution in [2.75, 3.05) is 12.4 Å². The lowest BCUT2D eigenvalue weighted by atomic mass is 10.2. The number of hydrogen-bond acceptors (Lipinski definition) is 5. The highest BCUT2D eigenvalue weighted by molar-refractivity contribution is 5.90. The first-order valence-corrected chi connectivity index (χ1v) is 7.37. The molecule has 2 aromatic carbocycles. The molecule has 0 aliphatic rings. The molecule has 1 heterocycles. The van der Waals surface area contributed by atoms with Gasteiger partial charge in [-0.15, -0.1) is 5.10 Å². The van der Waals surface area contributed by atoms with Gasteiger partial charge in [-0.05, 0) is 29.8 Å². The van der Waals surface area contributed by atoms with Gasteiger partial charge in [0.2, 0.25) is 5.91 Å². The molecule has 0 aliphatic heterocycles. The summed E-state index contributed by atoms with van der Waals surface area (Å²) in [6, 6.07) is 14.2. The van der Waals surface area contributed by atoms with E-state index >= 15 is 0 Å². The van der Waals surface area contributed by atoms with Crippen LogP contribution in [0.3, 0.4) is 0 Å². The van der Waals surface area contributed by atoms with Crippen molar-refractivity contribution in [3.63, 3.8) is 0 Å². The standard InChI is InChI=1S/C17H16N4O3/c1-24-11-12-5-4-6-13(9-12)18-16(22)10-21-17(23)14-7-2-3-8-15(14)19-20-21/h2-9H,10-11H2,1H3,(H,18,22). The van der Waals surface area contributed by atoms with Crippen LogP contribution in [0.25, 0.3) is 10.9 Å². The molecular weight excluding hydrogens is 308 g/mol. The second kappa shape index (κ2) is 7.01. The molecule has 1 amide bonds. The van der Waals surface area contributed by atoms with E-state index in [2.05, 4.69) is 15.6 Å². The molecule has 7 heteroatoms. The molecule has 3 aromatic rings. The van der Waals surface area contributed by atoms with E-state index < -0.39 is 0 Å². The van der Waals surface area contributed by atoms with Crippen LogP contribution in [0.5, 0.6) is 0 Å². The Morgan fingerprint density at radius 1 is 1.21 bits per heavy atom. The Balaban J connectivity index is 1.77. The van der Waals surface area contributed by atoms with Crippen LogP contribution in [0.15, 0.2) is 53.3 Å². The number of anilines is 1. The van der Waals surface area contributed by atoms with Crippen LogP contribution in [-0.2, 0) is 22.7 Å². The number of amides is 1. The van der Waals surface area contributed by atoms with Crippen molar-refractivity contribution in [2.24, 2.45) is 0 Å². The van der Waals surface area contributed by atoms with Crippen LogP contribution in [-0.4, -0.2) is 28.0 Å². The third-order valence-corrected chi connectivity index (χ3v) is 3.44. The van der Waals surface area contributed by atoms with Gasteiger partial charge >= 0.3 is 0 Å². The van der Waals surface area contributed by atoms with E-state index in [1.54, 1.807) is 37.4 Å². The van der Waals surface area contributed by atoms with Crippen molar-refractivity contribution >= 4 is 22.5 Å². The number of hydrogen-bond donors (Lipinski definition) is 1. The van der Waals surface area contributed by atoms with Gasteiger partial charge in [-0.1, -0.05) is 29.5 Å². The average Bonchev–Trinajstić information content (AvgIpc) is 2.58. The van der Waals surface area contributed by atoms with E-state index in [9.17, 15) is 9.59 Å². The Hall–Kier alpha value is -3.06. The van der Waals surface area contributed by atoms with Crippen molar-refractivity contribution in [3.05, 3.63) is 64.4 Å². The van der Waals surface area contributed by atoms with E-state index in [0.29, 0.717) is 23.2 Å². The predicted molar refractivity (Wildman–Crippen MR) is 89.6 cm³/mol. The average molecular weight is 324 g/mol. The number of carbonyl (C=O) groups excluding carboxylic acids is 1. The number of aromatic nitrogens is 3. The lowest BCUT2D eigenvalue weighted by Gasteiger charge is -2.08. The van der Waals surface area contributed by atoms with Crippen LogP contribution in [0.1, 0.15) is 5.56 Å². The maximum Gasteiger partial charge on any atom is 0.278 e. The number of benzene rings is 2. The molecule has 0 aliphatic carbocycles. The topological polar surface area (TPSA) is 86.1 Å². The number of ether oxygens (including phenoxy) is 1. The van der Waals surface area contributed by atoms with Gasteiger partial charge in [-0.2, -0.15) is 0 Å². The van der Waals surface area contributed by atoms with Crippen molar-refractivity contribution in [2.45, 2.75) is 13.2 Å². The Labute approximate surface area is 137 Å². The summed E-state index contributed by atoms with van der Waals surface area (Å²) >= 11 is 0. The molecule has 3 rings (SSSR count). The zero-order chi connectivity index (χ0) is 16.9. The number of nitrogens with zero attached hydrogens (tertiary/aromatic N) is 3. The first-order chi connectivity index (χ1) is 11.7. The Morgan fingerprint density at radius 3 is 2.88 bits per heavy atom. The number of carbonyl (C=O) groups is 1. The van der Waals surface area contributed by atoms with Gasteiger partial charge in [0.1, 0.15) is 12.1 Å². The third-order valence-electron chi connectivity index (χ3n) is 3.44. The molecule has 0 bridgehead atoms. The molecule has 0 atom stereocenters. The monoisotopic (exact) mass is 324 g/mol. The van der Waals surface area contributed by atoms with E-state index in [0.717, 1.165) is 10.2 Å². The van der Waals surface area contributed by atoms with E-state index in [4.69, 9.17) is 4.74 Å². The number of methoxy groups -OCH3 is 1. The quantitative estimate of drug-likeness (QED) is 0.770. The van der Waals surface area contributed by atoms with Gasteiger partial charge in [0.05, 0.1) is 12.0 Å². The van der Waals surface area contributed by atoms with Crippen molar-refractivity contribution in [3.8, 4) is 0 Å². The summed E-state index contributed by atoms with van der Waals surface area (Å²) in [6.45, 7) is 0.254. The van der Waals surface area contributed by atoms with Crippen molar-refractivity contribution in [1.82, 2.24) is 15.0 Å². The summed E-state index contributed by atoms with van der Waals surface area (Å²) in [5.74, 6) is -0.351. The second-order valence-electron chi connectivity index (χ2n) is 5.25. The maximum atomic E-state index is 12.3. The summed E-state index contributed by atoms with van der Waals surface area (Å²) in [4.78, 5) is 24.5. The zero-order valence-electron chi connectivity index (χ0n) is 13.1. The first-order valence-electron chi connectivity index (χ1n) is 7.37. The van der Waals surface area contributed by atoms with E-state index in [-0.39, 0.29) is 18.0 Å². The Bertz CT molecular complexity index is 936. The number of nitrogens with one attached hydrogen (secondary N) is 1. The Kier molecular flexibility index (Phi) is 4.62. The van der Waals surface area contributed by atoms with Gasteiger partial charge < -0.3 is 10.1 Å². The number of rotatable bonds is 5. The molecule has 122 valence electrons. The fraction of sp³-hybridized carbons (Fsp3) is 0.176. The maximum absolute atomic E-state index is 12.3. The summed E-state index contributed by atoms with van der Waals surface area (Å²) in [6.07, 6.45) is 0. The highest BCUT2D eigenvalue weighted by Crippen LogP contribution is 2.11. The minimum Gasteiger partial charge on any atom is -0.380 e. The predicted octanol–water partition coefficient (Wildman–Crippen LogP) is 1.58. The third kappa shape index (κ3) is 3.47. The minimum atomic E-state index is -0.351. The zero-order valence-corrected chi connectivity index (χ0v) is 13.1. The van der Waals surface area contributed by atoms with Gasteiger partial charge in [0.15, 0.2) is 0 Å². The number of fused-ring (bicyclic) bond motifs is 1. The minimum absolute atomic E-state index is 0.203. The van der Waals surface area contributed by atoms with Crippen molar-refractivity contribution in [1.29, 1.82) is 0 Å². The molecule has 0 radical (unpaired) electrons. The largest absolute Gasteiger partial charge is 0.380 e. The lowest BCUT2D eigenvalue weighted by molar-refractivity contribution is -0.117. The molecule has 0 unspecified atom stereocenters. The first kappa shape index (κ1) is 15.8. The molecule has 0 saturated heterocycles.